The number of likely N-dealkylation sites (tertiary alicyclic amines) is 1. The fourth-order valence-electron chi connectivity index (χ4n) is 2.04. The fourth-order valence-corrected chi connectivity index (χ4v) is 2.04. The molecule has 0 spiro atoms. The molecule has 2 amide bonds. The van der Waals surface area contributed by atoms with Gasteiger partial charge in [0.2, 0.25) is 0 Å². The topological polar surface area (TPSA) is 103 Å². The van der Waals surface area contributed by atoms with Crippen molar-refractivity contribution < 1.29 is 19.8 Å². The van der Waals surface area contributed by atoms with Crippen molar-refractivity contribution >= 4 is 12.0 Å². The van der Waals surface area contributed by atoms with Crippen LogP contribution in [-0.4, -0.2) is 50.8 Å². The number of carbonyl (C=O) groups excluding carboxylic acids is 1. The molecule has 1 aromatic heterocycles. The van der Waals surface area contributed by atoms with E-state index in [1.807, 2.05) is 0 Å². The van der Waals surface area contributed by atoms with E-state index >= 15 is 0 Å². The normalized spacial score (nSPS) is 22.3. The Morgan fingerprint density at radius 3 is 2.89 bits per heavy atom. The van der Waals surface area contributed by atoms with Crippen LogP contribution < -0.4 is 5.32 Å². The highest BCUT2D eigenvalue weighted by Crippen LogP contribution is 2.18. The molecule has 1 fully saturated rings. The van der Waals surface area contributed by atoms with Crippen molar-refractivity contribution in [1.82, 2.24) is 15.2 Å². The maximum absolute atomic E-state index is 11.9. The molecule has 2 rings (SSSR count). The molecule has 0 saturated carbocycles. The Bertz CT molecular complexity index is 465. The summed E-state index contributed by atoms with van der Waals surface area (Å²) in [7, 11) is 0. The quantitative estimate of drug-likeness (QED) is 0.703. The van der Waals surface area contributed by atoms with Crippen molar-refractivity contribution in [3.05, 3.63) is 30.1 Å². The van der Waals surface area contributed by atoms with Gasteiger partial charge < -0.3 is 20.4 Å². The van der Waals surface area contributed by atoms with Crippen molar-refractivity contribution in [2.75, 3.05) is 6.54 Å². The van der Waals surface area contributed by atoms with Gasteiger partial charge in [0, 0.05) is 19.2 Å². The minimum absolute atomic E-state index is 0.0328. The van der Waals surface area contributed by atoms with Gasteiger partial charge in [-0.25, -0.2) is 9.59 Å². The predicted molar refractivity (Wildman–Crippen MR) is 65.2 cm³/mol. The van der Waals surface area contributed by atoms with E-state index in [2.05, 4.69) is 10.3 Å². The first-order chi connectivity index (χ1) is 9.08. The standard InChI is InChI=1S/C12H15N3O4/c16-9-5-10(11(17)18)15(7-9)12(19)14-6-8-3-1-2-4-13-8/h1-4,9-10,16H,5-7H2,(H,14,19)(H,17,18)/t9-,10-/m1/s1. The van der Waals surface area contributed by atoms with Gasteiger partial charge in [0.25, 0.3) is 0 Å². The number of carboxylic acid groups (broad SMARTS) is 1. The lowest BCUT2D eigenvalue weighted by Crippen LogP contribution is -2.46. The van der Waals surface area contributed by atoms with Gasteiger partial charge in [0.15, 0.2) is 0 Å². The Labute approximate surface area is 109 Å². The number of amides is 2. The first kappa shape index (κ1) is 13.3. The van der Waals surface area contributed by atoms with Crippen LogP contribution in [0.25, 0.3) is 0 Å². The van der Waals surface area contributed by atoms with Crippen LogP contribution in [0, 0.1) is 0 Å². The first-order valence-electron chi connectivity index (χ1n) is 5.93. The van der Waals surface area contributed by atoms with Crippen molar-refractivity contribution in [3.8, 4) is 0 Å². The summed E-state index contributed by atoms with van der Waals surface area (Å²) in [6, 6.07) is 3.85. The van der Waals surface area contributed by atoms with Gasteiger partial charge >= 0.3 is 12.0 Å². The minimum Gasteiger partial charge on any atom is -0.480 e. The van der Waals surface area contributed by atoms with Crippen LogP contribution in [0.5, 0.6) is 0 Å². The molecule has 1 aliphatic rings. The van der Waals surface area contributed by atoms with Gasteiger partial charge in [-0.05, 0) is 12.1 Å². The van der Waals surface area contributed by atoms with Crippen molar-refractivity contribution in [2.45, 2.75) is 25.1 Å². The molecule has 7 nitrogen and oxygen atoms in total. The number of hydrogen-bond donors (Lipinski definition) is 3. The van der Waals surface area contributed by atoms with Crippen molar-refractivity contribution in [2.24, 2.45) is 0 Å². The van der Waals surface area contributed by atoms with E-state index in [9.17, 15) is 14.7 Å². The molecule has 102 valence electrons. The number of aliphatic hydroxyl groups is 1. The van der Waals surface area contributed by atoms with E-state index in [-0.39, 0.29) is 19.5 Å². The second-order valence-corrected chi connectivity index (χ2v) is 4.38. The third-order valence-electron chi connectivity index (χ3n) is 2.97. The number of pyridine rings is 1. The Morgan fingerprint density at radius 1 is 1.47 bits per heavy atom. The Kier molecular flexibility index (Phi) is 3.96. The molecule has 3 N–H and O–H groups in total. The molecule has 1 saturated heterocycles. The van der Waals surface area contributed by atoms with Crippen LogP contribution in [-0.2, 0) is 11.3 Å². The van der Waals surface area contributed by atoms with Gasteiger partial charge in [0.1, 0.15) is 6.04 Å². The number of urea groups is 1. The molecule has 19 heavy (non-hydrogen) atoms. The summed E-state index contributed by atoms with van der Waals surface area (Å²) in [5.74, 6) is -1.11. The number of aliphatic carboxylic acids is 1. The number of β-amino-alcohol motifs (C(OH)–C–C–N with tert-alkyl or cyclic N) is 1. The van der Waals surface area contributed by atoms with E-state index in [0.29, 0.717) is 5.69 Å². The lowest BCUT2D eigenvalue weighted by atomic mass is 10.2. The molecular formula is C12H15N3O4. The average Bonchev–Trinajstić information content (AvgIpc) is 2.79. The minimum atomic E-state index is -1.11. The molecule has 0 aliphatic carbocycles. The highest BCUT2D eigenvalue weighted by atomic mass is 16.4. The van der Waals surface area contributed by atoms with Gasteiger partial charge in [-0.1, -0.05) is 6.07 Å². The largest absolute Gasteiger partial charge is 0.480 e. The van der Waals surface area contributed by atoms with Crippen LogP contribution >= 0.6 is 0 Å². The summed E-state index contributed by atoms with van der Waals surface area (Å²) in [4.78, 5) is 28.1. The number of carbonyl (C=O) groups is 2. The highest BCUT2D eigenvalue weighted by molar-refractivity contribution is 5.83. The molecule has 0 radical (unpaired) electrons. The van der Waals surface area contributed by atoms with E-state index in [1.165, 1.54) is 0 Å². The van der Waals surface area contributed by atoms with E-state index in [4.69, 9.17) is 5.11 Å². The molecule has 0 unspecified atom stereocenters. The van der Waals surface area contributed by atoms with Gasteiger partial charge in [-0.3, -0.25) is 4.98 Å². The molecule has 7 heteroatoms. The number of nitrogens with zero attached hydrogens (tertiary/aromatic N) is 2. The van der Waals surface area contributed by atoms with Crippen LogP contribution in [0.4, 0.5) is 4.79 Å². The molecule has 1 aromatic rings. The second-order valence-electron chi connectivity index (χ2n) is 4.38. The van der Waals surface area contributed by atoms with Crippen LogP contribution in [0.2, 0.25) is 0 Å². The summed E-state index contributed by atoms with van der Waals surface area (Å²) in [6.07, 6.45) is 0.884. The monoisotopic (exact) mass is 265 g/mol. The SMILES string of the molecule is O=C(O)[C@H]1C[C@@H](O)CN1C(=O)NCc1ccccn1. The molecular weight excluding hydrogens is 250 g/mol. The van der Waals surface area contributed by atoms with Gasteiger partial charge in [-0.15, -0.1) is 0 Å². The average molecular weight is 265 g/mol. The number of aromatic nitrogens is 1. The van der Waals surface area contributed by atoms with E-state index in [1.54, 1.807) is 24.4 Å². The lowest BCUT2D eigenvalue weighted by molar-refractivity contribution is -0.141. The van der Waals surface area contributed by atoms with Gasteiger partial charge in [0.05, 0.1) is 18.3 Å². The fraction of sp³-hybridized carbons (Fsp3) is 0.417. The lowest BCUT2D eigenvalue weighted by Gasteiger charge is -2.21. The summed E-state index contributed by atoms with van der Waals surface area (Å²) in [6.45, 7) is 0.254. The van der Waals surface area contributed by atoms with Crippen LogP contribution in [0.1, 0.15) is 12.1 Å². The Morgan fingerprint density at radius 2 is 2.26 bits per heavy atom. The molecule has 0 aromatic carbocycles. The number of aliphatic hydroxyl groups excluding tert-OH is 1. The third-order valence-corrected chi connectivity index (χ3v) is 2.97. The van der Waals surface area contributed by atoms with Crippen LogP contribution in [0.15, 0.2) is 24.4 Å². The summed E-state index contributed by atoms with van der Waals surface area (Å²) < 4.78 is 0. The molecule has 2 atom stereocenters. The Hall–Kier alpha value is -2.15. The van der Waals surface area contributed by atoms with Crippen molar-refractivity contribution in [1.29, 1.82) is 0 Å². The second kappa shape index (κ2) is 5.66. The smallest absolute Gasteiger partial charge is 0.326 e. The number of hydrogen-bond acceptors (Lipinski definition) is 4. The van der Waals surface area contributed by atoms with Crippen LogP contribution in [0.3, 0.4) is 0 Å². The number of rotatable bonds is 3. The highest BCUT2D eigenvalue weighted by Gasteiger charge is 2.38. The predicted octanol–water partition coefficient (Wildman–Crippen LogP) is -0.189. The van der Waals surface area contributed by atoms with Crippen molar-refractivity contribution in [3.63, 3.8) is 0 Å². The zero-order valence-electron chi connectivity index (χ0n) is 10.2. The number of nitrogens with one attached hydrogen (secondary N) is 1. The zero-order valence-corrected chi connectivity index (χ0v) is 10.2. The third kappa shape index (κ3) is 3.19. The summed E-state index contributed by atoms with van der Waals surface area (Å²) >= 11 is 0. The van der Waals surface area contributed by atoms with E-state index < -0.39 is 24.1 Å². The van der Waals surface area contributed by atoms with Gasteiger partial charge in [-0.2, -0.15) is 0 Å². The molecule has 1 aliphatic heterocycles. The molecule has 2 heterocycles. The number of carboxylic acids is 1. The maximum Gasteiger partial charge on any atom is 0.326 e. The molecule has 0 bridgehead atoms. The summed E-state index contributed by atoms with van der Waals surface area (Å²) in [5, 5.41) is 21.0. The Balaban J connectivity index is 1.94. The first-order valence-corrected chi connectivity index (χ1v) is 5.93. The summed E-state index contributed by atoms with van der Waals surface area (Å²) in [5.41, 5.74) is 0.683. The maximum atomic E-state index is 11.9. The van der Waals surface area contributed by atoms with E-state index in [0.717, 1.165) is 4.90 Å². The zero-order chi connectivity index (χ0) is 13.8.